The molecule has 0 bridgehead atoms. The van der Waals surface area contributed by atoms with Crippen LogP contribution in [0.15, 0.2) is 59.1 Å². The third kappa shape index (κ3) is 2.28. The smallest absolute Gasteiger partial charge is 0.167 e. The SMILES string of the molecule is Oc1ccc(-c2cc(-c3cccc(O)c3)on2)cc1. The van der Waals surface area contributed by atoms with E-state index in [0.29, 0.717) is 11.5 Å². The van der Waals surface area contributed by atoms with Crippen LogP contribution in [0.3, 0.4) is 0 Å². The van der Waals surface area contributed by atoms with Crippen LogP contribution in [-0.4, -0.2) is 15.4 Å². The van der Waals surface area contributed by atoms with Crippen molar-refractivity contribution in [2.75, 3.05) is 0 Å². The van der Waals surface area contributed by atoms with E-state index in [9.17, 15) is 10.2 Å². The lowest BCUT2D eigenvalue weighted by Crippen LogP contribution is -1.75. The number of aromatic hydroxyl groups is 2. The summed E-state index contributed by atoms with van der Waals surface area (Å²) in [5, 5.41) is 22.7. The van der Waals surface area contributed by atoms with Crippen molar-refractivity contribution in [3.05, 3.63) is 54.6 Å². The molecule has 0 fully saturated rings. The van der Waals surface area contributed by atoms with Gasteiger partial charge in [0, 0.05) is 17.2 Å². The number of benzene rings is 2. The number of hydrogen-bond acceptors (Lipinski definition) is 4. The van der Waals surface area contributed by atoms with Crippen molar-refractivity contribution in [2.45, 2.75) is 0 Å². The van der Waals surface area contributed by atoms with Gasteiger partial charge >= 0.3 is 0 Å². The molecule has 2 aromatic carbocycles. The summed E-state index contributed by atoms with van der Waals surface area (Å²) in [5.41, 5.74) is 2.30. The van der Waals surface area contributed by atoms with Gasteiger partial charge in [0.15, 0.2) is 5.76 Å². The fraction of sp³-hybridized carbons (Fsp3) is 0. The highest BCUT2D eigenvalue weighted by atomic mass is 16.5. The zero-order valence-corrected chi connectivity index (χ0v) is 9.95. The molecule has 0 saturated heterocycles. The predicted molar refractivity (Wildman–Crippen MR) is 70.7 cm³/mol. The molecule has 3 rings (SSSR count). The number of phenols is 2. The molecular formula is C15H11NO3. The normalized spacial score (nSPS) is 10.5. The molecule has 2 N–H and O–H groups in total. The second-order valence-electron chi connectivity index (χ2n) is 4.17. The first-order valence-electron chi connectivity index (χ1n) is 5.78. The van der Waals surface area contributed by atoms with E-state index in [-0.39, 0.29) is 11.5 Å². The topological polar surface area (TPSA) is 66.5 Å². The number of phenolic OH excluding ortho intramolecular Hbond substituents is 2. The molecule has 0 radical (unpaired) electrons. The van der Waals surface area contributed by atoms with Crippen LogP contribution in [0.2, 0.25) is 0 Å². The fourth-order valence-corrected chi connectivity index (χ4v) is 1.84. The molecular weight excluding hydrogens is 242 g/mol. The molecule has 0 amide bonds. The molecule has 19 heavy (non-hydrogen) atoms. The van der Waals surface area contributed by atoms with E-state index in [1.165, 1.54) is 0 Å². The summed E-state index contributed by atoms with van der Waals surface area (Å²) in [4.78, 5) is 0. The van der Waals surface area contributed by atoms with Crippen molar-refractivity contribution in [3.8, 4) is 34.1 Å². The Morgan fingerprint density at radius 1 is 0.789 bits per heavy atom. The van der Waals surface area contributed by atoms with Gasteiger partial charge in [-0.25, -0.2) is 0 Å². The molecule has 0 aliphatic heterocycles. The number of hydrogen-bond donors (Lipinski definition) is 2. The van der Waals surface area contributed by atoms with E-state index in [4.69, 9.17) is 4.52 Å². The Kier molecular flexibility index (Phi) is 2.68. The minimum Gasteiger partial charge on any atom is -0.508 e. The summed E-state index contributed by atoms with van der Waals surface area (Å²) in [5.74, 6) is 0.972. The summed E-state index contributed by atoms with van der Waals surface area (Å²) in [7, 11) is 0. The van der Waals surface area contributed by atoms with E-state index in [2.05, 4.69) is 5.16 Å². The molecule has 0 spiro atoms. The Labute approximate surface area is 109 Å². The Balaban J connectivity index is 1.97. The van der Waals surface area contributed by atoms with Gasteiger partial charge in [-0.05, 0) is 36.4 Å². The van der Waals surface area contributed by atoms with Crippen molar-refractivity contribution in [2.24, 2.45) is 0 Å². The Hall–Kier alpha value is -2.75. The lowest BCUT2D eigenvalue weighted by molar-refractivity contribution is 0.434. The van der Waals surface area contributed by atoms with Crippen LogP contribution < -0.4 is 0 Å². The average Bonchev–Trinajstić information content (AvgIpc) is 2.89. The molecule has 0 atom stereocenters. The molecule has 0 unspecified atom stereocenters. The van der Waals surface area contributed by atoms with Crippen molar-refractivity contribution >= 4 is 0 Å². The van der Waals surface area contributed by atoms with Crippen molar-refractivity contribution in [1.29, 1.82) is 0 Å². The van der Waals surface area contributed by atoms with E-state index in [1.807, 2.05) is 6.07 Å². The third-order valence-corrected chi connectivity index (χ3v) is 2.80. The van der Waals surface area contributed by atoms with Gasteiger partial charge < -0.3 is 14.7 Å². The van der Waals surface area contributed by atoms with E-state index in [0.717, 1.165) is 11.1 Å². The summed E-state index contributed by atoms with van der Waals surface area (Å²) >= 11 is 0. The summed E-state index contributed by atoms with van der Waals surface area (Å²) in [6.45, 7) is 0. The average molecular weight is 253 g/mol. The maximum atomic E-state index is 9.44. The van der Waals surface area contributed by atoms with Gasteiger partial charge in [0.2, 0.25) is 0 Å². The molecule has 4 heteroatoms. The predicted octanol–water partition coefficient (Wildman–Crippen LogP) is 3.42. The van der Waals surface area contributed by atoms with Crippen LogP contribution in [-0.2, 0) is 0 Å². The first-order chi connectivity index (χ1) is 9.22. The second kappa shape index (κ2) is 4.49. The quantitative estimate of drug-likeness (QED) is 0.734. The highest BCUT2D eigenvalue weighted by Crippen LogP contribution is 2.28. The standard InChI is InChI=1S/C15H11NO3/c17-12-6-4-10(5-7-12)14-9-15(19-16-14)11-2-1-3-13(18)8-11/h1-9,17-18H. The summed E-state index contributed by atoms with van der Waals surface area (Å²) < 4.78 is 5.27. The minimum atomic E-state index is 0.181. The molecule has 1 heterocycles. The van der Waals surface area contributed by atoms with Crippen molar-refractivity contribution < 1.29 is 14.7 Å². The minimum absolute atomic E-state index is 0.181. The van der Waals surface area contributed by atoms with Crippen LogP contribution in [0, 0.1) is 0 Å². The zero-order valence-electron chi connectivity index (χ0n) is 9.95. The van der Waals surface area contributed by atoms with Crippen LogP contribution in [0.4, 0.5) is 0 Å². The van der Waals surface area contributed by atoms with Crippen molar-refractivity contribution in [3.63, 3.8) is 0 Å². The molecule has 0 aliphatic carbocycles. The molecule has 3 aromatic rings. The van der Waals surface area contributed by atoms with E-state index < -0.39 is 0 Å². The number of rotatable bonds is 2. The summed E-state index contributed by atoms with van der Waals surface area (Å²) in [6, 6.07) is 15.3. The van der Waals surface area contributed by atoms with Crippen LogP contribution in [0.1, 0.15) is 0 Å². The molecule has 4 nitrogen and oxygen atoms in total. The second-order valence-corrected chi connectivity index (χ2v) is 4.17. The maximum Gasteiger partial charge on any atom is 0.167 e. The van der Waals surface area contributed by atoms with E-state index >= 15 is 0 Å². The lowest BCUT2D eigenvalue weighted by Gasteiger charge is -1.96. The van der Waals surface area contributed by atoms with Crippen molar-refractivity contribution in [1.82, 2.24) is 5.16 Å². The fourth-order valence-electron chi connectivity index (χ4n) is 1.84. The first kappa shape index (κ1) is 11.3. The maximum absolute atomic E-state index is 9.44. The van der Waals surface area contributed by atoms with Gasteiger partial charge in [-0.15, -0.1) is 0 Å². The monoisotopic (exact) mass is 253 g/mol. The summed E-state index contributed by atoms with van der Waals surface area (Å²) in [6.07, 6.45) is 0. The zero-order chi connectivity index (χ0) is 13.2. The Bertz CT molecular complexity index is 701. The highest BCUT2D eigenvalue weighted by Gasteiger charge is 2.09. The highest BCUT2D eigenvalue weighted by molar-refractivity contribution is 5.67. The Morgan fingerprint density at radius 2 is 1.58 bits per heavy atom. The van der Waals surface area contributed by atoms with Gasteiger partial charge in [-0.3, -0.25) is 0 Å². The molecule has 1 aromatic heterocycles. The lowest BCUT2D eigenvalue weighted by atomic mass is 10.1. The third-order valence-electron chi connectivity index (χ3n) is 2.80. The Morgan fingerprint density at radius 3 is 2.32 bits per heavy atom. The van der Waals surface area contributed by atoms with Crippen LogP contribution in [0.5, 0.6) is 11.5 Å². The molecule has 0 aliphatic rings. The van der Waals surface area contributed by atoms with Gasteiger partial charge in [0.05, 0.1) is 0 Å². The van der Waals surface area contributed by atoms with Crippen LogP contribution >= 0.6 is 0 Å². The molecule has 0 saturated carbocycles. The van der Waals surface area contributed by atoms with Gasteiger partial charge in [-0.1, -0.05) is 17.3 Å². The van der Waals surface area contributed by atoms with Crippen LogP contribution in [0.25, 0.3) is 22.6 Å². The van der Waals surface area contributed by atoms with Gasteiger partial charge in [-0.2, -0.15) is 0 Å². The molecule has 94 valence electrons. The first-order valence-corrected chi connectivity index (χ1v) is 5.78. The van der Waals surface area contributed by atoms with Gasteiger partial charge in [0.25, 0.3) is 0 Å². The van der Waals surface area contributed by atoms with E-state index in [1.54, 1.807) is 48.5 Å². The van der Waals surface area contributed by atoms with Gasteiger partial charge in [0.1, 0.15) is 17.2 Å². The largest absolute Gasteiger partial charge is 0.508 e. The number of nitrogens with zero attached hydrogens (tertiary/aromatic N) is 1. The number of aromatic nitrogens is 1.